The summed E-state index contributed by atoms with van der Waals surface area (Å²) in [5.41, 5.74) is 0.907. The van der Waals surface area contributed by atoms with E-state index in [1.807, 2.05) is 0 Å². The number of oxazole rings is 1. The van der Waals surface area contributed by atoms with Gasteiger partial charge in [-0.25, -0.2) is 9.59 Å². The number of aromatic carboxylic acids is 1. The first-order valence-corrected chi connectivity index (χ1v) is 7.67. The van der Waals surface area contributed by atoms with Crippen molar-refractivity contribution in [2.75, 3.05) is 6.61 Å². The van der Waals surface area contributed by atoms with Gasteiger partial charge in [0.15, 0.2) is 5.58 Å². The first-order valence-electron chi connectivity index (χ1n) is 7.29. The second-order valence-corrected chi connectivity index (χ2v) is 5.60. The zero-order valence-corrected chi connectivity index (χ0v) is 13.3. The molecule has 0 spiro atoms. The predicted octanol–water partition coefficient (Wildman–Crippen LogP) is 3.42. The van der Waals surface area contributed by atoms with Gasteiger partial charge in [0.25, 0.3) is 0 Å². The number of benzene rings is 2. The average Bonchev–Trinajstić information content (AvgIpc) is 2.88. The largest absolute Gasteiger partial charge is 0.494 e. The maximum absolute atomic E-state index is 11.9. The summed E-state index contributed by atoms with van der Waals surface area (Å²) >= 11 is 5.80. The quantitative estimate of drug-likeness (QED) is 0.691. The molecule has 0 radical (unpaired) electrons. The lowest BCUT2D eigenvalue weighted by Crippen LogP contribution is -2.15. The van der Waals surface area contributed by atoms with Crippen LogP contribution in [-0.2, 0) is 6.54 Å². The Labute approximate surface area is 141 Å². The van der Waals surface area contributed by atoms with Gasteiger partial charge in [0.1, 0.15) is 5.75 Å². The highest BCUT2D eigenvalue weighted by atomic mass is 35.5. The normalized spacial score (nSPS) is 10.9. The molecule has 0 aliphatic rings. The van der Waals surface area contributed by atoms with E-state index >= 15 is 0 Å². The van der Waals surface area contributed by atoms with Crippen LogP contribution in [0.4, 0.5) is 0 Å². The van der Waals surface area contributed by atoms with Crippen molar-refractivity contribution in [3.05, 3.63) is 63.6 Å². The molecule has 2 aromatic carbocycles. The Hall–Kier alpha value is -2.73. The number of hydrogen-bond acceptors (Lipinski definition) is 4. The number of aromatic nitrogens is 1. The lowest BCUT2D eigenvalue weighted by atomic mass is 10.2. The summed E-state index contributed by atoms with van der Waals surface area (Å²) in [7, 11) is 0. The minimum atomic E-state index is -1.07. The van der Waals surface area contributed by atoms with Crippen molar-refractivity contribution in [1.29, 1.82) is 0 Å². The van der Waals surface area contributed by atoms with Crippen molar-refractivity contribution in [2.24, 2.45) is 0 Å². The molecule has 0 aliphatic heterocycles. The number of carboxylic acid groups (broad SMARTS) is 1. The molecule has 3 rings (SSSR count). The molecular weight excluding hydrogens is 334 g/mol. The Morgan fingerprint density at radius 2 is 1.96 bits per heavy atom. The van der Waals surface area contributed by atoms with Gasteiger partial charge in [-0.15, -0.1) is 0 Å². The number of ether oxygens (including phenoxy) is 1. The smallest absolute Gasteiger partial charge is 0.419 e. The number of halogens is 1. The number of aryl methyl sites for hydroxylation is 1. The molecule has 24 heavy (non-hydrogen) atoms. The molecule has 6 nitrogen and oxygen atoms in total. The van der Waals surface area contributed by atoms with Crippen LogP contribution >= 0.6 is 11.6 Å². The van der Waals surface area contributed by atoms with Gasteiger partial charge < -0.3 is 14.3 Å². The van der Waals surface area contributed by atoms with E-state index in [-0.39, 0.29) is 11.1 Å². The highest BCUT2D eigenvalue weighted by Crippen LogP contribution is 2.17. The Morgan fingerprint density at radius 1 is 1.21 bits per heavy atom. The van der Waals surface area contributed by atoms with Crippen LogP contribution in [0, 0.1) is 0 Å². The third kappa shape index (κ3) is 3.44. The van der Waals surface area contributed by atoms with Gasteiger partial charge in [-0.3, -0.25) is 4.57 Å². The van der Waals surface area contributed by atoms with Gasteiger partial charge in [0.05, 0.1) is 17.7 Å². The molecule has 0 bridgehead atoms. The van der Waals surface area contributed by atoms with E-state index in [0.717, 1.165) is 0 Å². The Bertz CT molecular complexity index is 926. The van der Waals surface area contributed by atoms with E-state index in [9.17, 15) is 9.59 Å². The zero-order valence-electron chi connectivity index (χ0n) is 12.6. The standard InChI is InChI=1S/C17H14ClNO5/c18-12-3-5-13(6-4-12)23-9-1-8-19-14-7-2-11(16(20)21)10-15(14)24-17(19)22/h2-7,10H,1,8-9H2,(H,20,21). The Balaban J connectivity index is 1.66. The number of carboxylic acids is 1. The molecule has 1 aromatic heterocycles. The van der Waals surface area contributed by atoms with Crippen molar-refractivity contribution < 1.29 is 19.1 Å². The molecule has 3 aromatic rings. The minimum Gasteiger partial charge on any atom is -0.494 e. The first kappa shape index (κ1) is 16.1. The lowest BCUT2D eigenvalue weighted by molar-refractivity contribution is 0.0697. The monoisotopic (exact) mass is 347 g/mol. The van der Waals surface area contributed by atoms with Gasteiger partial charge in [-0.2, -0.15) is 0 Å². The number of fused-ring (bicyclic) bond motifs is 1. The minimum absolute atomic E-state index is 0.0782. The lowest BCUT2D eigenvalue weighted by Gasteiger charge is -2.06. The first-order chi connectivity index (χ1) is 11.5. The highest BCUT2D eigenvalue weighted by Gasteiger charge is 2.12. The van der Waals surface area contributed by atoms with Gasteiger partial charge in [0.2, 0.25) is 0 Å². The molecule has 1 heterocycles. The number of rotatable bonds is 6. The van der Waals surface area contributed by atoms with Crippen LogP contribution in [0.5, 0.6) is 5.75 Å². The van der Waals surface area contributed by atoms with Crippen LogP contribution in [0.25, 0.3) is 11.1 Å². The number of nitrogens with zero attached hydrogens (tertiary/aromatic N) is 1. The van der Waals surface area contributed by atoms with Gasteiger partial charge in [0, 0.05) is 11.6 Å². The van der Waals surface area contributed by atoms with E-state index in [1.54, 1.807) is 30.3 Å². The van der Waals surface area contributed by atoms with Crippen molar-refractivity contribution in [3.8, 4) is 5.75 Å². The van der Waals surface area contributed by atoms with E-state index in [1.165, 1.54) is 16.7 Å². The molecule has 7 heteroatoms. The SMILES string of the molecule is O=C(O)c1ccc2c(c1)oc(=O)n2CCCOc1ccc(Cl)cc1. The Kier molecular flexibility index (Phi) is 4.57. The fourth-order valence-electron chi connectivity index (χ4n) is 2.35. The van der Waals surface area contributed by atoms with E-state index < -0.39 is 11.7 Å². The zero-order chi connectivity index (χ0) is 17.1. The summed E-state index contributed by atoms with van der Waals surface area (Å²) in [5, 5.41) is 9.61. The van der Waals surface area contributed by atoms with Crippen LogP contribution in [-0.4, -0.2) is 22.2 Å². The maximum Gasteiger partial charge on any atom is 0.419 e. The third-order valence-corrected chi connectivity index (χ3v) is 3.78. The summed E-state index contributed by atoms with van der Waals surface area (Å²) < 4.78 is 12.2. The van der Waals surface area contributed by atoms with Crippen LogP contribution in [0.1, 0.15) is 16.8 Å². The molecule has 0 atom stereocenters. The van der Waals surface area contributed by atoms with E-state index in [0.29, 0.717) is 35.9 Å². The Morgan fingerprint density at radius 3 is 2.67 bits per heavy atom. The number of carbonyl (C=O) groups is 1. The van der Waals surface area contributed by atoms with E-state index in [4.69, 9.17) is 25.9 Å². The molecule has 0 fully saturated rings. The fraction of sp³-hybridized carbons (Fsp3) is 0.176. The van der Waals surface area contributed by atoms with Gasteiger partial charge in [-0.1, -0.05) is 11.6 Å². The van der Waals surface area contributed by atoms with Crippen molar-refractivity contribution in [3.63, 3.8) is 0 Å². The molecule has 0 unspecified atom stereocenters. The summed E-state index contributed by atoms with van der Waals surface area (Å²) in [5.74, 6) is -0.877. The van der Waals surface area contributed by atoms with Crippen LogP contribution in [0.3, 0.4) is 0 Å². The van der Waals surface area contributed by atoms with Crippen molar-refractivity contribution >= 4 is 28.7 Å². The van der Waals surface area contributed by atoms with Crippen LogP contribution < -0.4 is 10.5 Å². The fourth-order valence-corrected chi connectivity index (χ4v) is 2.48. The molecule has 0 aliphatic carbocycles. The molecule has 0 saturated heterocycles. The molecule has 0 saturated carbocycles. The second kappa shape index (κ2) is 6.80. The summed E-state index contributed by atoms with van der Waals surface area (Å²) in [6, 6.07) is 11.4. The average molecular weight is 348 g/mol. The molecule has 1 N–H and O–H groups in total. The van der Waals surface area contributed by atoms with Gasteiger partial charge >= 0.3 is 11.7 Å². The van der Waals surface area contributed by atoms with Crippen LogP contribution in [0.2, 0.25) is 5.02 Å². The molecule has 124 valence electrons. The second-order valence-electron chi connectivity index (χ2n) is 5.16. The molecule has 0 amide bonds. The van der Waals surface area contributed by atoms with Crippen LogP contribution in [0.15, 0.2) is 51.7 Å². The predicted molar refractivity (Wildman–Crippen MR) is 89.0 cm³/mol. The summed E-state index contributed by atoms with van der Waals surface area (Å²) in [4.78, 5) is 22.9. The number of hydrogen-bond donors (Lipinski definition) is 1. The van der Waals surface area contributed by atoms with Gasteiger partial charge in [-0.05, 0) is 48.9 Å². The topological polar surface area (TPSA) is 81.7 Å². The third-order valence-electron chi connectivity index (χ3n) is 3.52. The van der Waals surface area contributed by atoms with Crippen molar-refractivity contribution in [1.82, 2.24) is 4.57 Å². The maximum atomic E-state index is 11.9. The highest BCUT2D eigenvalue weighted by molar-refractivity contribution is 6.30. The van der Waals surface area contributed by atoms with Crippen molar-refractivity contribution in [2.45, 2.75) is 13.0 Å². The molecular formula is C17H14ClNO5. The van der Waals surface area contributed by atoms with E-state index in [2.05, 4.69) is 0 Å². The summed E-state index contributed by atoms with van der Waals surface area (Å²) in [6.07, 6.45) is 0.595. The summed E-state index contributed by atoms with van der Waals surface area (Å²) in [6.45, 7) is 0.833.